The number of methoxy groups -OCH3 is 1. The Labute approximate surface area is 199 Å². The first kappa shape index (κ1) is 23.9. The van der Waals surface area contributed by atoms with E-state index in [1.165, 1.54) is 12.1 Å². The van der Waals surface area contributed by atoms with Crippen molar-refractivity contribution >= 4 is 5.91 Å². The van der Waals surface area contributed by atoms with E-state index >= 15 is 0 Å². The second kappa shape index (κ2) is 10.8. The van der Waals surface area contributed by atoms with E-state index in [1.807, 2.05) is 24.3 Å². The topological polar surface area (TPSA) is 80.5 Å². The predicted molar refractivity (Wildman–Crippen MR) is 127 cm³/mol. The van der Waals surface area contributed by atoms with E-state index in [1.54, 1.807) is 35.0 Å². The van der Waals surface area contributed by atoms with E-state index in [2.05, 4.69) is 17.2 Å². The molecular formula is C26H31FN4O3. The zero-order valence-corrected chi connectivity index (χ0v) is 19.6. The van der Waals surface area contributed by atoms with Gasteiger partial charge in [0.05, 0.1) is 31.5 Å². The van der Waals surface area contributed by atoms with Crippen LogP contribution in [-0.4, -0.2) is 50.7 Å². The predicted octanol–water partition coefficient (Wildman–Crippen LogP) is 4.55. The van der Waals surface area contributed by atoms with Crippen LogP contribution >= 0.6 is 0 Å². The summed E-state index contributed by atoms with van der Waals surface area (Å²) in [6.07, 6.45) is 4.84. The molecule has 1 fully saturated rings. The van der Waals surface area contributed by atoms with E-state index < -0.39 is 6.10 Å². The number of nitrogens with zero attached hydrogens (tertiary/aromatic N) is 4. The van der Waals surface area contributed by atoms with Crippen molar-refractivity contribution in [2.24, 2.45) is 0 Å². The highest BCUT2D eigenvalue weighted by Crippen LogP contribution is 2.38. The largest absolute Gasteiger partial charge is 0.497 e. The lowest BCUT2D eigenvalue weighted by Gasteiger charge is -2.42. The number of hydrogen-bond donors (Lipinski definition) is 1. The van der Waals surface area contributed by atoms with Crippen molar-refractivity contribution in [3.8, 4) is 17.0 Å². The van der Waals surface area contributed by atoms with Crippen molar-refractivity contribution in [2.75, 3.05) is 13.7 Å². The van der Waals surface area contributed by atoms with Crippen LogP contribution in [0.4, 0.5) is 4.39 Å². The maximum atomic E-state index is 13.3. The molecule has 1 N–H and O–H groups in total. The first-order valence-electron chi connectivity index (χ1n) is 11.8. The zero-order valence-electron chi connectivity index (χ0n) is 19.6. The number of halogens is 1. The Hall–Kier alpha value is -3.26. The molecule has 0 radical (unpaired) electrons. The first-order chi connectivity index (χ1) is 16.5. The number of aromatic nitrogens is 3. The maximum absolute atomic E-state index is 13.3. The summed E-state index contributed by atoms with van der Waals surface area (Å²) < 4.78 is 20.2. The standard InChI is InChI=1S/C26H31FN4O3/c1-3-4-5-6-26(33)30-17-25(32)24(15-23(30)19-9-13-21(34-2)14-10-19)31-16-22(28-29-31)18-7-11-20(27)12-8-18/h7-14,16,23-25,32H,3-6,15,17H2,1-2H3/t23-,24+,25+/m1/s1. The molecule has 0 bridgehead atoms. The first-order valence-corrected chi connectivity index (χ1v) is 11.8. The van der Waals surface area contributed by atoms with Gasteiger partial charge in [-0.05, 0) is 54.8 Å². The third-order valence-electron chi connectivity index (χ3n) is 6.47. The summed E-state index contributed by atoms with van der Waals surface area (Å²) in [6.45, 7) is 2.33. The summed E-state index contributed by atoms with van der Waals surface area (Å²) in [5, 5.41) is 19.5. The summed E-state index contributed by atoms with van der Waals surface area (Å²) >= 11 is 0. The molecule has 3 atom stereocenters. The number of rotatable bonds is 8. The Morgan fingerprint density at radius 1 is 1.15 bits per heavy atom. The molecule has 0 saturated carbocycles. The molecule has 34 heavy (non-hydrogen) atoms. The summed E-state index contributed by atoms with van der Waals surface area (Å²) in [7, 11) is 1.62. The van der Waals surface area contributed by atoms with Gasteiger partial charge in [-0.15, -0.1) is 5.10 Å². The van der Waals surface area contributed by atoms with Gasteiger partial charge in [-0.2, -0.15) is 0 Å². The van der Waals surface area contributed by atoms with Crippen LogP contribution in [0, 0.1) is 5.82 Å². The highest BCUT2D eigenvalue weighted by molar-refractivity contribution is 5.77. The molecule has 0 unspecified atom stereocenters. The Bertz CT molecular complexity index is 1080. The summed E-state index contributed by atoms with van der Waals surface area (Å²) in [5.41, 5.74) is 2.34. The molecule has 2 aromatic carbocycles. The van der Waals surface area contributed by atoms with Gasteiger partial charge in [-0.1, -0.05) is 37.1 Å². The smallest absolute Gasteiger partial charge is 0.223 e. The highest BCUT2D eigenvalue weighted by atomic mass is 19.1. The number of aliphatic hydroxyl groups excluding tert-OH is 1. The molecule has 7 nitrogen and oxygen atoms in total. The van der Waals surface area contributed by atoms with Gasteiger partial charge in [-0.25, -0.2) is 9.07 Å². The van der Waals surface area contributed by atoms with E-state index in [9.17, 15) is 14.3 Å². The lowest BCUT2D eigenvalue weighted by Crippen LogP contribution is -2.49. The van der Waals surface area contributed by atoms with E-state index in [0.717, 1.165) is 36.1 Å². The molecule has 1 amide bonds. The minimum atomic E-state index is -0.785. The fourth-order valence-electron chi connectivity index (χ4n) is 4.53. The van der Waals surface area contributed by atoms with Crippen molar-refractivity contribution in [1.82, 2.24) is 19.9 Å². The second-order valence-corrected chi connectivity index (χ2v) is 8.75. The fraction of sp³-hybridized carbons (Fsp3) is 0.423. The summed E-state index contributed by atoms with van der Waals surface area (Å²) in [5.74, 6) is 0.486. The molecule has 0 spiro atoms. The van der Waals surface area contributed by atoms with Crippen LogP contribution in [0.5, 0.6) is 5.75 Å². The molecule has 1 aliphatic heterocycles. The Morgan fingerprint density at radius 2 is 1.88 bits per heavy atom. The van der Waals surface area contributed by atoms with Crippen molar-refractivity contribution in [3.05, 3.63) is 66.1 Å². The Kier molecular flexibility index (Phi) is 7.57. The van der Waals surface area contributed by atoms with Crippen molar-refractivity contribution in [3.63, 3.8) is 0 Å². The molecule has 4 rings (SSSR count). The van der Waals surface area contributed by atoms with E-state index in [4.69, 9.17) is 4.74 Å². The number of ether oxygens (including phenoxy) is 1. The SMILES string of the molecule is CCCCCC(=O)N1C[C@H](O)[C@@H](n2cc(-c3ccc(F)cc3)nn2)C[C@@H]1c1ccc(OC)cc1. The minimum absolute atomic E-state index is 0.0531. The quantitative estimate of drug-likeness (QED) is 0.493. The number of piperidine rings is 1. The summed E-state index contributed by atoms with van der Waals surface area (Å²) in [6, 6.07) is 13.2. The molecule has 1 aromatic heterocycles. The van der Waals surface area contributed by atoms with E-state index in [0.29, 0.717) is 18.5 Å². The molecule has 180 valence electrons. The van der Waals surface area contributed by atoms with Gasteiger partial charge < -0.3 is 14.7 Å². The number of amides is 1. The third kappa shape index (κ3) is 5.28. The lowest BCUT2D eigenvalue weighted by molar-refractivity contribution is -0.140. The number of benzene rings is 2. The maximum Gasteiger partial charge on any atom is 0.223 e. The molecule has 0 aliphatic carbocycles. The molecule has 2 heterocycles. The molecule has 1 saturated heterocycles. The highest BCUT2D eigenvalue weighted by Gasteiger charge is 2.39. The minimum Gasteiger partial charge on any atom is -0.497 e. The monoisotopic (exact) mass is 466 g/mol. The number of likely N-dealkylation sites (tertiary alicyclic amines) is 1. The molecule has 1 aliphatic rings. The van der Waals surface area contributed by atoms with Gasteiger partial charge in [0.1, 0.15) is 17.3 Å². The van der Waals surface area contributed by atoms with Crippen LogP contribution in [0.25, 0.3) is 11.3 Å². The Balaban J connectivity index is 1.59. The number of β-amino-alcohol motifs (C(OH)–C–C–N with tert-alkyl or cyclic N) is 1. The summed E-state index contributed by atoms with van der Waals surface area (Å²) in [4.78, 5) is 14.9. The third-order valence-corrected chi connectivity index (χ3v) is 6.47. The van der Waals surface area contributed by atoms with Gasteiger partial charge in [0.15, 0.2) is 0 Å². The van der Waals surface area contributed by atoms with Gasteiger partial charge in [-0.3, -0.25) is 4.79 Å². The number of aliphatic hydroxyl groups is 1. The fourth-order valence-corrected chi connectivity index (χ4v) is 4.53. The average Bonchev–Trinajstić information content (AvgIpc) is 3.34. The number of unbranched alkanes of at least 4 members (excludes halogenated alkanes) is 2. The van der Waals surface area contributed by atoms with Gasteiger partial charge >= 0.3 is 0 Å². The van der Waals surface area contributed by atoms with Crippen LogP contribution < -0.4 is 4.74 Å². The second-order valence-electron chi connectivity index (χ2n) is 8.75. The van der Waals surface area contributed by atoms with Gasteiger partial charge in [0, 0.05) is 18.5 Å². The van der Waals surface area contributed by atoms with Crippen molar-refractivity contribution in [2.45, 2.75) is 57.2 Å². The normalized spacial score (nSPS) is 20.4. The molecule has 8 heteroatoms. The van der Waals surface area contributed by atoms with Gasteiger partial charge in [0.25, 0.3) is 0 Å². The number of carbonyl (C=O) groups excluding carboxylic acids is 1. The number of carbonyl (C=O) groups is 1. The molecule has 3 aromatic rings. The van der Waals surface area contributed by atoms with Crippen LogP contribution in [0.1, 0.15) is 56.7 Å². The van der Waals surface area contributed by atoms with Gasteiger partial charge in [0.2, 0.25) is 5.91 Å². The van der Waals surface area contributed by atoms with Crippen LogP contribution in [0.3, 0.4) is 0 Å². The van der Waals surface area contributed by atoms with E-state index in [-0.39, 0.29) is 30.4 Å². The average molecular weight is 467 g/mol. The van der Waals surface area contributed by atoms with Crippen molar-refractivity contribution in [1.29, 1.82) is 0 Å². The Morgan fingerprint density at radius 3 is 2.56 bits per heavy atom. The van der Waals surface area contributed by atoms with Crippen LogP contribution in [0.15, 0.2) is 54.7 Å². The molecular weight excluding hydrogens is 435 g/mol. The van der Waals surface area contributed by atoms with Crippen LogP contribution in [0.2, 0.25) is 0 Å². The van der Waals surface area contributed by atoms with Crippen molar-refractivity contribution < 1.29 is 19.0 Å². The number of hydrogen-bond acceptors (Lipinski definition) is 5. The lowest BCUT2D eigenvalue weighted by atomic mass is 9.89. The van der Waals surface area contributed by atoms with Crippen LogP contribution in [-0.2, 0) is 4.79 Å². The zero-order chi connectivity index (χ0) is 24.1.